The highest BCUT2D eigenvalue weighted by Gasteiger charge is 2.03. The second kappa shape index (κ2) is 6.75. The highest BCUT2D eigenvalue weighted by Crippen LogP contribution is 2.12. The lowest BCUT2D eigenvalue weighted by Crippen LogP contribution is -2.24. The number of carbonyl (C=O) groups is 1. The largest absolute Gasteiger partial charge is 0.378 e. The van der Waals surface area contributed by atoms with Gasteiger partial charge >= 0.3 is 0 Å². The molecule has 2 aromatic rings. The molecule has 3 nitrogen and oxygen atoms in total. The quantitative estimate of drug-likeness (QED) is 0.904. The topological polar surface area (TPSA) is 32.3 Å². The maximum atomic E-state index is 11.8. The van der Waals surface area contributed by atoms with E-state index in [0.29, 0.717) is 13.0 Å². The van der Waals surface area contributed by atoms with Crippen LogP contribution in [0.4, 0.5) is 5.69 Å². The minimum Gasteiger partial charge on any atom is -0.378 e. The summed E-state index contributed by atoms with van der Waals surface area (Å²) >= 11 is 0. The first-order chi connectivity index (χ1) is 9.65. The van der Waals surface area contributed by atoms with Crippen molar-refractivity contribution in [3.63, 3.8) is 0 Å². The Morgan fingerprint density at radius 3 is 2.20 bits per heavy atom. The fourth-order valence-electron chi connectivity index (χ4n) is 1.96. The zero-order chi connectivity index (χ0) is 14.4. The normalized spacial score (nSPS) is 10.1. The first kappa shape index (κ1) is 14.1. The third kappa shape index (κ3) is 4.12. The summed E-state index contributed by atoms with van der Waals surface area (Å²) in [5, 5.41) is 2.94. The SMILES string of the molecule is CN(C)c1ccc(CNC(=O)Cc2ccccc2)cc1. The summed E-state index contributed by atoms with van der Waals surface area (Å²) < 4.78 is 0. The standard InChI is InChI=1S/C17H20N2O/c1-19(2)16-10-8-15(9-11-16)13-18-17(20)12-14-6-4-3-5-7-14/h3-11H,12-13H2,1-2H3,(H,18,20). The van der Waals surface area contributed by atoms with Crippen LogP contribution in [-0.2, 0) is 17.8 Å². The maximum Gasteiger partial charge on any atom is 0.224 e. The Morgan fingerprint density at radius 2 is 1.60 bits per heavy atom. The molecular weight excluding hydrogens is 248 g/mol. The Labute approximate surface area is 120 Å². The van der Waals surface area contributed by atoms with Crippen LogP contribution in [0.15, 0.2) is 54.6 Å². The van der Waals surface area contributed by atoms with Crippen LogP contribution < -0.4 is 10.2 Å². The second-order valence-electron chi connectivity index (χ2n) is 5.00. The monoisotopic (exact) mass is 268 g/mol. The third-order valence-corrected chi connectivity index (χ3v) is 3.15. The van der Waals surface area contributed by atoms with Crippen LogP contribution in [0.3, 0.4) is 0 Å². The summed E-state index contributed by atoms with van der Waals surface area (Å²) in [6, 6.07) is 18.0. The van der Waals surface area contributed by atoms with Crippen molar-refractivity contribution in [1.82, 2.24) is 5.32 Å². The Bertz CT molecular complexity index is 547. The number of carbonyl (C=O) groups excluding carboxylic acids is 1. The number of anilines is 1. The van der Waals surface area contributed by atoms with Gasteiger partial charge in [0, 0.05) is 26.3 Å². The smallest absolute Gasteiger partial charge is 0.224 e. The van der Waals surface area contributed by atoms with Gasteiger partial charge in [-0.3, -0.25) is 4.79 Å². The second-order valence-corrected chi connectivity index (χ2v) is 5.00. The molecule has 1 N–H and O–H groups in total. The van der Waals surface area contributed by atoms with Crippen LogP contribution in [0.25, 0.3) is 0 Å². The summed E-state index contributed by atoms with van der Waals surface area (Å²) in [7, 11) is 4.02. The molecule has 2 rings (SSSR count). The number of rotatable bonds is 5. The minimum absolute atomic E-state index is 0.0490. The number of nitrogens with zero attached hydrogens (tertiary/aromatic N) is 1. The van der Waals surface area contributed by atoms with Crippen molar-refractivity contribution in [3.05, 3.63) is 65.7 Å². The van der Waals surface area contributed by atoms with E-state index in [2.05, 4.69) is 22.3 Å². The molecule has 2 aromatic carbocycles. The first-order valence-electron chi connectivity index (χ1n) is 6.72. The Kier molecular flexibility index (Phi) is 4.77. The fraction of sp³-hybridized carbons (Fsp3) is 0.235. The van der Waals surface area contributed by atoms with Gasteiger partial charge in [0.2, 0.25) is 5.91 Å². The minimum atomic E-state index is 0.0490. The number of amides is 1. The van der Waals surface area contributed by atoms with Gasteiger partial charge in [0.05, 0.1) is 6.42 Å². The van der Waals surface area contributed by atoms with E-state index < -0.39 is 0 Å². The van der Waals surface area contributed by atoms with Crippen molar-refractivity contribution in [2.24, 2.45) is 0 Å². The van der Waals surface area contributed by atoms with Crippen LogP contribution in [0.2, 0.25) is 0 Å². The zero-order valence-corrected chi connectivity index (χ0v) is 12.0. The average Bonchev–Trinajstić information content (AvgIpc) is 2.46. The predicted octanol–water partition coefficient (Wildman–Crippen LogP) is 2.61. The highest BCUT2D eigenvalue weighted by atomic mass is 16.1. The van der Waals surface area contributed by atoms with Gasteiger partial charge in [0.15, 0.2) is 0 Å². The summed E-state index contributed by atoms with van der Waals surface area (Å²) in [4.78, 5) is 13.9. The molecule has 1 amide bonds. The van der Waals surface area contributed by atoms with E-state index in [-0.39, 0.29) is 5.91 Å². The van der Waals surface area contributed by atoms with Gasteiger partial charge in [-0.1, -0.05) is 42.5 Å². The van der Waals surface area contributed by atoms with Crippen LogP contribution >= 0.6 is 0 Å². The van der Waals surface area contributed by atoms with Crippen molar-refractivity contribution in [3.8, 4) is 0 Å². The molecule has 0 fully saturated rings. The van der Waals surface area contributed by atoms with E-state index in [9.17, 15) is 4.79 Å². The molecule has 3 heteroatoms. The lowest BCUT2D eigenvalue weighted by atomic mass is 10.1. The molecule has 0 atom stereocenters. The Balaban J connectivity index is 1.84. The van der Waals surface area contributed by atoms with E-state index in [4.69, 9.17) is 0 Å². The summed E-state index contributed by atoms with van der Waals surface area (Å²) in [5.74, 6) is 0.0490. The zero-order valence-electron chi connectivity index (χ0n) is 12.0. The summed E-state index contributed by atoms with van der Waals surface area (Å²) in [6.45, 7) is 0.569. The lowest BCUT2D eigenvalue weighted by molar-refractivity contribution is -0.120. The van der Waals surface area contributed by atoms with Gasteiger partial charge in [-0.2, -0.15) is 0 Å². The lowest BCUT2D eigenvalue weighted by Gasteiger charge is -2.13. The Hall–Kier alpha value is -2.29. The van der Waals surface area contributed by atoms with Crippen molar-refractivity contribution < 1.29 is 4.79 Å². The van der Waals surface area contributed by atoms with Crippen LogP contribution in [0.5, 0.6) is 0 Å². The van der Waals surface area contributed by atoms with Crippen molar-refractivity contribution in [1.29, 1.82) is 0 Å². The maximum absolute atomic E-state index is 11.8. The summed E-state index contributed by atoms with van der Waals surface area (Å²) in [6.07, 6.45) is 0.427. The molecule has 0 aliphatic carbocycles. The third-order valence-electron chi connectivity index (χ3n) is 3.15. The van der Waals surface area contributed by atoms with Gasteiger partial charge in [0.25, 0.3) is 0 Å². The van der Waals surface area contributed by atoms with Gasteiger partial charge in [-0.05, 0) is 23.3 Å². The molecular formula is C17H20N2O. The molecule has 0 unspecified atom stereocenters. The van der Waals surface area contributed by atoms with Crippen LogP contribution in [-0.4, -0.2) is 20.0 Å². The van der Waals surface area contributed by atoms with E-state index in [0.717, 1.165) is 16.8 Å². The van der Waals surface area contributed by atoms with Gasteiger partial charge < -0.3 is 10.2 Å². The van der Waals surface area contributed by atoms with Crippen LogP contribution in [0.1, 0.15) is 11.1 Å². The van der Waals surface area contributed by atoms with Crippen molar-refractivity contribution in [2.45, 2.75) is 13.0 Å². The van der Waals surface area contributed by atoms with E-state index >= 15 is 0 Å². The molecule has 104 valence electrons. The molecule has 0 spiro atoms. The average molecular weight is 268 g/mol. The number of nitrogens with one attached hydrogen (secondary N) is 1. The molecule has 0 saturated carbocycles. The van der Waals surface area contributed by atoms with Crippen molar-refractivity contribution in [2.75, 3.05) is 19.0 Å². The molecule has 0 bridgehead atoms. The van der Waals surface area contributed by atoms with E-state index in [1.165, 1.54) is 0 Å². The molecule has 0 aromatic heterocycles. The predicted molar refractivity (Wildman–Crippen MR) is 82.8 cm³/mol. The summed E-state index contributed by atoms with van der Waals surface area (Å²) in [5.41, 5.74) is 3.30. The number of benzene rings is 2. The molecule has 0 saturated heterocycles. The number of hydrogen-bond donors (Lipinski definition) is 1. The fourth-order valence-corrected chi connectivity index (χ4v) is 1.96. The molecule has 0 heterocycles. The van der Waals surface area contributed by atoms with Gasteiger partial charge in [0.1, 0.15) is 0 Å². The van der Waals surface area contributed by atoms with Gasteiger partial charge in [-0.15, -0.1) is 0 Å². The Morgan fingerprint density at radius 1 is 0.950 bits per heavy atom. The molecule has 0 aliphatic heterocycles. The highest BCUT2D eigenvalue weighted by molar-refractivity contribution is 5.78. The number of hydrogen-bond acceptors (Lipinski definition) is 2. The first-order valence-corrected chi connectivity index (χ1v) is 6.72. The van der Waals surface area contributed by atoms with Gasteiger partial charge in [-0.25, -0.2) is 0 Å². The van der Waals surface area contributed by atoms with Crippen molar-refractivity contribution >= 4 is 11.6 Å². The van der Waals surface area contributed by atoms with E-state index in [1.807, 2.05) is 56.6 Å². The van der Waals surface area contributed by atoms with E-state index in [1.54, 1.807) is 0 Å². The van der Waals surface area contributed by atoms with Crippen LogP contribution in [0, 0.1) is 0 Å². The molecule has 0 radical (unpaired) electrons. The molecule has 0 aliphatic rings. The molecule has 20 heavy (non-hydrogen) atoms.